The summed E-state index contributed by atoms with van der Waals surface area (Å²) >= 11 is 0. The third kappa shape index (κ3) is 5.97. The third-order valence-electron chi connectivity index (χ3n) is 4.35. The highest BCUT2D eigenvalue weighted by atomic mass is 19.4. The summed E-state index contributed by atoms with van der Waals surface area (Å²) in [6.07, 6.45) is 0.981. The lowest BCUT2D eigenvalue weighted by atomic mass is 10.2. The number of benzene rings is 1. The van der Waals surface area contributed by atoms with Crippen LogP contribution < -0.4 is 4.90 Å². The first-order valence-electron chi connectivity index (χ1n) is 9.41. The highest BCUT2D eigenvalue weighted by Crippen LogP contribution is 2.29. The van der Waals surface area contributed by atoms with Crippen molar-refractivity contribution in [2.24, 2.45) is 4.99 Å². The van der Waals surface area contributed by atoms with Gasteiger partial charge in [0.25, 0.3) is 5.91 Å². The molecule has 0 spiro atoms. The summed E-state index contributed by atoms with van der Waals surface area (Å²) in [6, 6.07) is 8.47. The minimum atomic E-state index is -4.76. The van der Waals surface area contributed by atoms with E-state index in [0.29, 0.717) is 5.56 Å². The van der Waals surface area contributed by atoms with Crippen molar-refractivity contribution in [1.29, 1.82) is 0 Å². The lowest BCUT2D eigenvalue weighted by Crippen LogP contribution is -2.32. The lowest BCUT2D eigenvalue weighted by molar-refractivity contribution is -0.157. The van der Waals surface area contributed by atoms with Gasteiger partial charge in [0.2, 0.25) is 5.89 Å². The van der Waals surface area contributed by atoms with E-state index in [1.807, 2.05) is 0 Å². The van der Waals surface area contributed by atoms with Crippen LogP contribution in [0.5, 0.6) is 0 Å². The number of rotatable bonds is 7. The number of alkyl halides is 3. The van der Waals surface area contributed by atoms with Crippen molar-refractivity contribution in [2.75, 3.05) is 11.4 Å². The number of carbonyl (C=O) groups excluding carboxylic acids is 1. The molecule has 0 bridgehead atoms. The van der Waals surface area contributed by atoms with E-state index >= 15 is 0 Å². The van der Waals surface area contributed by atoms with Crippen LogP contribution in [0.25, 0.3) is 5.57 Å². The van der Waals surface area contributed by atoms with E-state index in [2.05, 4.69) is 31.3 Å². The maximum Gasteiger partial charge on any atom is 0.470 e. The normalized spacial score (nSPS) is 12.5. The van der Waals surface area contributed by atoms with Crippen molar-refractivity contribution >= 4 is 23.9 Å². The molecule has 170 valence electrons. The number of anilines is 1. The van der Waals surface area contributed by atoms with E-state index in [0.717, 1.165) is 0 Å². The summed E-state index contributed by atoms with van der Waals surface area (Å²) in [5.41, 5.74) is 1.10. The first-order chi connectivity index (χ1) is 15.7. The topological polar surface area (TPSA) is 84.5 Å². The van der Waals surface area contributed by atoms with Crippen LogP contribution in [-0.2, 0) is 6.18 Å². The van der Waals surface area contributed by atoms with Gasteiger partial charge in [-0.05, 0) is 50.0 Å². The van der Waals surface area contributed by atoms with Crippen LogP contribution in [0.3, 0.4) is 0 Å². The molecule has 3 rings (SSSR count). The summed E-state index contributed by atoms with van der Waals surface area (Å²) < 4.78 is 56.5. The van der Waals surface area contributed by atoms with E-state index < -0.39 is 23.8 Å². The predicted octanol–water partition coefficient (Wildman–Crippen LogP) is 4.96. The Kier molecular flexibility index (Phi) is 7.11. The van der Waals surface area contributed by atoms with Gasteiger partial charge < -0.3 is 9.32 Å². The van der Waals surface area contributed by atoms with Crippen molar-refractivity contribution in [3.8, 4) is 0 Å². The number of hydrogen-bond donors (Lipinski definition) is 0. The van der Waals surface area contributed by atoms with Crippen LogP contribution in [0, 0.1) is 5.82 Å². The van der Waals surface area contributed by atoms with Gasteiger partial charge in [0.15, 0.2) is 0 Å². The molecule has 2 aromatic heterocycles. The zero-order valence-corrected chi connectivity index (χ0v) is 17.3. The average Bonchev–Trinajstić information content (AvgIpc) is 3.30. The first-order valence-corrected chi connectivity index (χ1v) is 9.41. The maximum atomic E-state index is 13.8. The first kappa shape index (κ1) is 23.5. The molecule has 0 saturated heterocycles. The maximum absolute atomic E-state index is 13.8. The minimum absolute atomic E-state index is 0.102. The van der Waals surface area contributed by atoms with Crippen molar-refractivity contribution in [3.05, 3.63) is 89.8 Å². The van der Waals surface area contributed by atoms with E-state index in [9.17, 15) is 22.4 Å². The highest BCUT2D eigenvalue weighted by molar-refractivity contribution is 6.06. The molecule has 33 heavy (non-hydrogen) atoms. The highest BCUT2D eigenvalue weighted by Gasteiger charge is 2.38. The van der Waals surface area contributed by atoms with E-state index in [1.165, 1.54) is 66.7 Å². The molecule has 0 aliphatic carbocycles. The molecule has 3 aromatic rings. The van der Waals surface area contributed by atoms with Crippen molar-refractivity contribution in [2.45, 2.75) is 13.1 Å². The number of aliphatic imine (C=N–C) groups is 1. The SMILES string of the molecule is C=N/C(=C\C=C(/C)c1nnc(C(F)(F)F)o1)CN(C(=O)c1ccncc1)c1cccc(F)c1. The van der Waals surface area contributed by atoms with E-state index in [-0.39, 0.29) is 29.4 Å². The molecular weight excluding hydrogens is 442 g/mol. The Morgan fingerprint density at radius 1 is 1.18 bits per heavy atom. The molecule has 0 aliphatic rings. The Morgan fingerprint density at radius 2 is 1.91 bits per heavy atom. The van der Waals surface area contributed by atoms with Crippen LogP contribution >= 0.6 is 0 Å². The van der Waals surface area contributed by atoms with E-state index in [1.54, 1.807) is 6.07 Å². The Bertz CT molecular complexity index is 1200. The molecule has 0 saturated carbocycles. The predicted molar refractivity (Wildman–Crippen MR) is 113 cm³/mol. The Balaban J connectivity index is 1.90. The smallest absolute Gasteiger partial charge is 0.413 e. The Morgan fingerprint density at radius 3 is 2.52 bits per heavy atom. The third-order valence-corrected chi connectivity index (χ3v) is 4.35. The van der Waals surface area contributed by atoms with Gasteiger partial charge in [0.1, 0.15) is 5.82 Å². The lowest BCUT2D eigenvalue weighted by Gasteiger charge is -2.23. The fourth-order valence-corrected chi connectivity index (χ4v) is 2.68. The molecule has 11 heteroatoms. The van der Waals surface area contributed by atoms with Gasteiger partial charge in [0.05, 0.1) is 12.2 Å². The average molecular weight is 459 g/mol. The number of allylic oxidation sites excluding steroid dienone is 3. The van der Waals surface area contributed by atoms with Crippen LogP contribution in [0.4, 0.5) is 23.2 Å². The van der Waals surface area contributed by atoms with Crippen molar-refractivity contribution in [3.63, 3.8) is 0 Å². The van der Waals surface area contributed by atoms with Gasteiger partial charge in [0, 0.05) is 29.2 Å². The van der Waals surface area contributed by atoms with Gasteiger partial charge in [-0.3, -0.25) is 14.8 Å². The minimum Gasteiger partial charge on any atom is -0.413 e. The summed E-state index contributed by atoms with van der Waals surface area (Å²) in [5.74, 6) is -2.76. The summed E-state index contributed by atoms with van der Waals surface area (Å²) in [6.45, 7) is 4.84. The molecule has 1 amide bonds. The van der Waals surface area contributed by atoms with Gasteiger partial charge >= 0.3 is 12.1 Å². The van der Waals surface area contributed by atoms with Gasteiger partial charge in [-0.2, -0.15) is 13.2 Å². The second-order valence-corrected chi connectivity index (χ2v) is 6.68. The van der Waals surface area contributed by atoms with Gasteiger partial charge in [-0.1, -0.05) is 12.1 Å². The second kappa shape index (κ2) is 9.98. The summed E-state index contributed by atoms with van der Waals surface area (Å²) in [7, 11) is 0. The Labute approximate surface area is 185 Å². The fourth-order valence-electron chi connectivity index (χ4n) is 2.68. The van der Waals surface area contributed by atoms with Crippen LogP contribution in [0.15, 0.2) is 76.1 Å². The number of aromatic nitrogens is 3. The summed E-state index contributed by atoms with van der Waals surface area (Å²) in [4.78, 5) is 22.1. The fraction of sp³-hybridized carbons (Fsp3) is 0.136. The molecule has 2 heterocycles. The van der Waals surface area contributed by atoms with Gasteiger partial charge in [-0.25, -0.2) is 4.39 Å². The number of amides is 1. The molecule has 0 unspecified atom stereocenters. The zero-order chi connectivity index (χ0) is 24.0. The molecule has 0 radical (unpaired) electrons. The number of halogens is 4. The molecule has 1 aromatic carbocycles. The van der Waals surface area contributed by atoms with E-state index in [4.69, 9.17) is 0 Å². The monoisotopic (exact) mass is 459 g/mol. The van der Waals surface area contributed by atoms with Crippen LogP contribution in [-0.4, -0.2) is 34.4 Å². The number of hydrogen-bond acceptors (Lipinski definition) is 6. The standard InChI is InChI=1S/C22H17F4N5O2/c1-14(19-29-30-21(33-19)22(24,25)26)6-7-17(27-2)13-31(18-5-3-4-16(23)12-18)20(32)15-8-10-28-11-9-15/h3-12H,2,13H2,1H3/b14-6+,17-7-. The zero-order valence-electron chi connectivity index (χ0n) is 17.3. The van der Waals surface area contributed by atoms with Gasteiger partial charge in [-0.15, -0.1) is 10.2 Å². The van der Waals surface area contributed by atoms with Crippen LogP contribution in [0.1, 0.15) is 29.1 Å². The molecule has 0 atom stereocenters. The molecule has 7 nitrogen and oxygen atoms in total. The quantitative estimate of drug-likeness (QED) is 0.283. The van der Waals surface area contributed by atoms with Crippen LogP contribution in [0.2, 0.25) is 0 Å². The molecule has 0 aliphatic heterocycles. The molecule has 0 fully saturated rings. The molecule has 0 N–H and O–H groups in total. The Hall–Kier alpha value is -4.15. The van der Waals surface area contributed by atoms with Crippen molar-refractivity contribution < 1.29 is 26.8 Å². The number of carbonyl (C=O) groups is 1. The number of pyridine rings is 1. The second-order valence-electron chi connectivity index (χ2n) is 6.68. The van der Waals surface area contributed by atoms with Crippen molar-refractivity contribution in [1.82, 2.24) is 15.2 Å². The number of nitrogens with zero attached hydrogens (tertiary/aromatic N) is 5. The largest absolute Gasteiger partial charge is 0.470 e. The molecular formula is C22H17F4N5O2. The summed E-state index contributed by atoms with van der Waals surface area (Å²) in [5, 5.41) is 6.36.